The van der Waals surface area contributed by atoms with Crippen LogP contribution < -0.4 is 5.32 Å². The van der Waals surface area contributed by atoms with Crippen LogP contribution in [-0.2, 0) is 0 Å². The third kappa shape index (κ3) is 3.27. The zero-order valence-electron chi connectivity index (χ0n) is 8.79. The molecule has 1 aliphatic rings. The van der Waals surface area contributed by atoms with Gasteiger partial charge in [-0.3, -0.25) is 4.99 Å². The second kappa shape index (κ2) is 5.32. The van der Waals surface area contributed by atoms with Gasteiger partial charge in [0.2, 0.25) is 0 Å². The number of aliphatic imine (C=N–C) groups is 1. The molecule has 0 amide bonds. The molecule has 82 valence electrons. The highest BCUT2D eigenvalue weighted by molar-refractivity contribution is 5.83. The van der Waals surface area contributed by atoms with Crippen LogP contribution in [0.25, 0.3) is 0 Å². The average Bonchev–Trinajstić information content (AvgIpc) is 2.46. The van der Waals surface area contributed by atoms with Crippen LogP contribution in [0.5, 0.6) is 0 Å². The Morgan fingerprint density at radius 1 is 1.29 bits per heavy atom. The minimum atomic E-state index is -0.636. The first-order valence-electron chi connectivity index (χ1n) is 5.23. The molecule has 0 aliphatic carbocycles. The van der Waals surface area contributed by atoms with Crippen LogP contribution in [0.3, 0.4) is 0 Å². The van der Waals surface area contributed by atoms with Crippen molar-refractivity contribution in [3.8, 4) is 0 Å². The van der Waals surface area contributed by atoms with Gasteiger partial charge < -0.3 is 15.5 Å². The first-order chi connectivity index (χ1) is 6.70. The van der Waals surface area contributed by atoms with Crippen molar-refractivity contribution >= 4 is 5.84 Å². The number of rotatable bonds is 3. The summed E-state index contributed by atoms with van der Waals surface area (Å²) in [5.41, 5.74) is -0.636. The Bertz CT molecular complexity index is 200. The minimum absolute atomic E-state index is 0.0808. The molecule has 4 nitrogen and oxygen atoms in total. The Morgan fingerprint density at radius 2 is 2.00 bits per heavy atom. The number of hydrogen-bond acceptors (Lipinski definition) is 4. The molecule has 1 rings (SSSR count). The fraction of sp³-hybridized carbons (Fsp3) is 0.900. The largest absolute Gasteiger partial charge is 0.394 e. The van der Waals surface area contributed by atoms with Gasteiger partial charge in [0.15, 0.2) is 0 Å². The highest BCUT2D eigenvalue weighted by Gasteiger charge is 2.23. The van der Waals surface area contributed by atoms with E-state index in [0.29, 0.717) is 0 Å². The standard InChI is InChI=1S/C10H20N2O2/c1-10(7-13,8-14)12-9-5-3-2-4-6-11-9/h13-14H,2-8H2,1H3,(H,11,12). The molecule has 0 fully saturated rings. The van der Waals surface area contributed by atoms with Crippen LogP contribution in [0.15, 0.2) is 4.99 Å². The van der Waals surface area contributed by atoms with Crippen LogP contribution in [0, 0.1) is 0 Å². The highest BCUT2D eigenvalue weighted by Crippen LogP contribution is 2.09. The van der Waals surface area contributed by atoms with Crippen molar-refractivity contribution in [1.29, 1.82) is 0 Å². The summed E-state index contributed by atoms with van der Waals surface area (Å²) in [4.78, 5) is 4.39. The molecular weight excluding hydrogens is 180 g/mol. The monoisotopic (exact) mass is 200 g/mol. The van der Waals surface area contributed by atoms with Crippen LogP contribution in [-0.4, -0.2) is 41.3 Å². The van der Waals surface area contributed by atoms with Crippen molar-refractivity contribution in [1.82, 2.24) is 5.32 Å². The highest BCUT2D eigenvalue weighted by atomic mass is 16.3. The van der Waals surface area contributed by atoms with Gasteiger partial charge in [0.1, 0.15) is 0 Å². The number of aliphatic hydroxyl groups is 2. The second-order valence-electron chi connectivity index (χ2n) is 4.14. The van der Waals surface area contributed by atoms with Crippen LogP contribution in [0.2, 0.25) is 0 Å². The molecule has 0 aromatic heterocycles. The van der Waals surface area contributed by atoms with Gasteiger partial charge in [-0.2, -0.15) is 0 Å². The van der Waals surface area contributed by atoms with Crippen LogP contribution >= 0.6 is 0 Å². The summed E-state index contributed by atoms with van der Waals surface area (Å²) in [7, 11) is 0. The van der Waals surface area contributed by atoms with Gasteiger partial charge in [-0.15, -0.1) is 0 Å². The molecule has 0 saturated heterocycles. The van der Waals surface area contributed by atoms with E-state index in [4.69, 9.17) is 10.2 Å². The Morgan fingerprint density at radius 3 is 2.64 bits per heavy atom. The van der Waals surface area contributed by atoms with E-state index in [2.05, 4.69) is 10.3 Å². The molecule has 0 unspecified atom stereocenters. The lowest BCUT2D eigenvalue weighted by Crippen LogP contribution is -2.51. The summed E-state index contributed by atoms with van der Waals surface area (Å²) in [6.45, 7) is 2.49. The molecule has 3 N–H and O–H groups in total. The van der Waals surface area contributed by atoms with Gasteiger partial charge in [-0.1, -0.05) is 6.42 Å². The topological polar surface area (TPSA) is 64.8 Å². The molecule has 0 aromatic carbocycles. The number of nitrogens with one attached hydrogen (secondary N) is 1. The van der Waals surface area contributed by atoms with Gasteiger partial charge in [0.05, 0.1) is 24.6 Å². The SMILES string of the molecule is CC(CO)(CO)NC1=NCCCCC1. The molecule has 1 aliphatic heterocycles. The van der Waals surface area contributed by atoms with Crippen LogP contribution in [0.1, 0.15) is 32.6 Å². The van der Waals surface area contributed by atoms with Crippen molar-refractivity contribution < 1.29 is 10.2 Å². The Labute approximate surface area is 85.1 Å². The van der Waals surface area contributed by atoms with E-state index in [9.17, 15) is 0 Å². The lowest BCUT2D eigenvalue weighted by molar-refractivity contribution is 0.119. The Kier molecular flexibility index (Phi) is 4.35. The maximum absolute atomic E-state index is 9.11. The van der Waals surface area contributed by atoms with Crippen LogP contribution in [0.4, 0.5) is 0 Å². The third-order valence-electron chi connectivity index (χ3n) is 2.52. The molecule has 0 bridgehead atoms. The van der Waals surface area contributed by atoms with E-state index in [-0.39, 0.29) is 13.2 Å². The molecule has 14 heavy (non-hydrogen) atoms. The number of nitrogens with zero attached hydrogens (tertiary/aromatic N) is 1. The Hall–Kier alpha value is -0.610. The smallest absolute Gasteiger partial charge is 0.0968 e. The number of aliphatic hydroxyl groups excluding tert-OH is 2. The molecule has 0 atom stereocenters. The van der Waals surface area contributed by atoms with E-state index < -0.39 is 5.54 Å². The molecule has 1 heterocycles. The maximum atomic E-state index is 9.11. The fourth-order valence-electron chi connectivity index (χ4n) is 1.45. The zero-order chi connectivity index (χ0) is 10.4. The first-order valence-corrected chi connectivity index (χ1v) is 5.23. The zero-order valence-corrected chi connectivity index (χ0v) is 8.79. The lowest BCUT2D eigenvalue weighted by atomic mass is 10.0. The quantitative estimate of drug-likeness (QED) is 0.613. The van der Waals surface area contributed by atoms with Gasteiger partial charge in [-0.05, 0) is 19.8 Å². The summed E-state index contributed by atoms with van der Waals surface area (Å²) < 4.78 is 0. The van der Waals surface area contributed by atoms with E-state index in [0.717, 1.165) is 31.6 Å². The number of hydrogen-bond donors (Lipinski definition) is 3. The van der Waals surface area contributed by atoms with Gasteiger partial charge in [-0.25, -0.2) is 0 Å². The lowest BCUT2D eigenvalue weighted by Gasteiger charge is -2.28. The predicted octanol–water partition coefficient (Wildman–Crippen LogP) is 0.292. The fourth-order valence-corrected chi connectivity index (χ4v) is 1.45. The van der Waals surface area contributed by atoms with Crippen molar-refractivity contribution in [2.24, 2.45) is 4.99 Å². The molecular formula is C10H20N2O2. The molecule has 0 radical (unpaired) electrons. The first kappa shape index (κ1) is 11.5. The van der Waals surface area contributed by atoms with Gasteiger partial charge >= 0.3 is 0 Å². The van der Waals surface area contributed by atoms with Gasteiger partial charge in [0, 0.05) is 13.0 Å². The summed E-state index contributed by atoms with van der Waals surface area (Å²) in [5.74, 6) is 0.924. The van der Waals surface area contributed by atoms with E-state index in [1.54, 1.807) is 6.92 Å². The maximum Gasteiger partial charge on any atom is 0.0968 e. The summed E-state index contributed by atoms with van der Waals surface area (Å²) in [6, 6.07) is 0. The normalized spacial score (nSPS) is 18.6. The molecule has 0 aromatic rings. The van der Waals surface area contributed by atoms with E-state index in [1.807, 2.05) is 0 Å². The minimum Gasteiger partial charge on any atom is -0.394 e. The molecule has 0 spiro atoms. The summed E-state index contributed by atoms with van der Waals surface area (Å²) in [6.07, 6.45) is 4.41. The van der Waals surface area contributed by atoms with E-state index in [1.165, 1.54) is 6.42 Å². The molecule has 0 saturated carbocycles. The van der Waals surface area contributed by atoms with Crippen molar-refractivity contribution in [2.75, 3.05) is 19.8 Å². The average molecular weight is 200 g/mol. The van der Waals surface area contributed by atoms with Crippen molar-refractivity contribution in [2.45, 2.75) is 38.1 Å². The second-order valence-corrected chi connectivity index (χ2v) is 4.14. The van der Waals surface area contributed by atoms with Crippen molar-refractivity contribution in [3.05, 3.63) is 0 Å². The predicted molar refractivity (Wildman–Crippen MR) is 56.5 cm³/mol. The summed E-state index contributed by atoms with van der Waals surface area (Å²) in [5, 5.41) is 21.3. The molecule has 4 heteroatoms. The van der Waals surface area contributed by atoms with Gasteiger partial charge in [0.25, 0.3) is 0 Å². The summed E-state index contributed by atoms with van der Waals surface area (Å²) >= 11 is 0. The number of amidine groups is 1. The Balaban J connectivity index is 2.52. The van der Waals surface area contributed by atoms with E-state index >= 15 is 0 Å². The third-order valence-corrected chi connectivity index (χ3v) is 2.52. The van der Waals surface area contributed by atoms with Crippen molar-refractivity contribution in [3.63, 3.8) is 0 Å².